The Bertz CT molecular complexity index is 1180. The lowest BCUT2D eigenvalue weighted by atomic mass is 9.98. The number of rotatable bonds is 9. The number of nitrogens with zero attached hydrogens (tertiary/aromatic N) is 1. The number of para-hydroxylation sites is 1. The Hall–Kier alpha value is -3.15. The van der Waals surface area contributed by atoms with Crippen LogP contribution in [-0.2, 0) is 14.3 Å². The normalized spacial score (nSPS) is 12.6. The molecule has 0 spiro atoms. The first-order chi connectivity index (χ1) is 17.8. The second kappa shape index (κ2) is 13.6. The van der Waals surface area contributed by atoms with Crippen molar-refractivity contribution >= 4 is 47.0 Å². The van der Waals surface area contributed by atoms with E-state index < -0.39 is 35.6 Å². The highest BCUT2D eigenvalue weighted by Crippen LogP contribution is 2.30. The van der Waals surface area contributed by atoms with Gasteiger partial charge in [-0.05, 0) is 77.2 Å². The average Bonchev–Trinajstić information content (AvgIpc) is 2.80. The molecule has 2 aromatic carbocycles. The third-order valence-electron chi connectivity index (χ3n) is 5.51. The summed E-state index contributed by atoms with van der Waals surface area (Å²) in [4.78, 5) is 41.3. The Labute approximate surface area is 235 Å². The lowest BCUT2D eigenvalue weighted by Crippen LogP contribution is -2.51. The molecule has 0 saturated carbocycles. The van der Waals surface area contributed by atoms with Crippen molar-refractivity contribution in [2.24, 2.45) is 0 Å². The Morgan fingerprint density at radius 3 is 2.29 bits per heavy atom. The van der Waals surface area contributed by atoms with E-state index in [-0.39, 0.29) is 0 Å². The van der Waals surface area contributed by atoms with Gasteiger partial charge in [0.1, 0.15) is 17.7 Å². The highest BCUT2D eigenvalue weighted by Gasteiger charge is 2.36. The maximum absolute atomic E-state index is 13.9. The maximum atomic E-state index is 13.9. The zero-order chi connectivity index (χ0) is 28.6. The summed E-state index contributed by atoms with van der Waals surface area (Å²) in [5, 5.41) is 5.87. The van der Waals surface area contributed by atoms with Crippen LogP contribution in [0, 0.1) is 33.2 Å². The van der Waals surface area contributed by atoms with Crippen LogP contribution in [0.5, 0.6) is 0 Å². The van der Waals surface area contributed by atoms with Crippen LogP contribution in [0.15, 0.2) is 36.4 Å². The highest BCUT2D eigenvalue weighted by molar-refractivity contribution is 7.98. The standard InChI is InChI=1S/C29H36ClN3O4S/c1-9-33(27(35)23(13-14-38-8)31-28(36)37-29(5,6)7)25(21-16-18(2)15-19(3)17-21)26(34)32-24-20(4)11-10-12-22(24)30/h1,10-12,15-17,23,25H,13-14H2,2-8H3,(H,31,36)(H,32,34). The van der Waals surface area contributed by atoms with Gasteiger partial charge in [-0.25, -0.2) is 4.79 Å². The fraction of sp³-hybridized carbons (Fsp3) is 0.414. The van der Waals surface area contributed by atoms with Gasteiger partial charge in [0, 0.05) is 6.04 Å². The van der Waals surface area contributed by atoms with E-state index in [2.05, 4.69) is 16.7 Å². The van der Waals surface area contributed by atoms with E-state index in [1.54, 1.807) is 32.9 Å². The molecule has 9 heteroatoms. The number of hydrogen-bond acceptors (Lipinski definition) is 5. The molecule has 0 radical (unpaired) electrons. The number of anilines is 1. The number of nitrogens with one attached hydrogen (secondary N) is 2. The lowest BCUT2D eigenvalue weighted by Gasteiger charge is -2.31. The summed E-state index contributed by atoms with van der Waals surface area (Å²) in [6, 6.07) is 11.1. The van der Waals surface area contributed by atoms with Gasteiger partial charge >= 0.3 is 6.09 Å². The molecule has 3 amide bonds. The Morgan fingerprint density at radius 2 is 1.76 bits per heavy atom. The zero-order valence-corrected chi connectivity index (χ0v) is 24.5. The Kier molecular flexibility index (Phi) is 11.1. The van der Waals surface area contributed by atoms with Crippen LogP contribution in [0.1, 0.15) is 55.5 Å². The molecule has 0 heterocycles. The summed E-state index contributed by atoms with van der Waals surface area (Å²) in [5.74, 6) is -0.551. The van der Waals surface area contributed by atoms with E-state index in [1.807, 2.05) is 51.3 Å². The number of carbonyl (C=O) groups excluding carboxylic acids is 3. The predicted octanol–water partition coefficient (Wildman–Crippen LogP) is 6.01. The molecule has 2 rings (SSSR count). The zero-order valence-electron chi connectivity index (χ0n) is 23.0. The third-order valence-corrected chi connectivity index (χ3v) is 6.47. The van der Waals surface area contributed by atoms with Crippen molar-refractivity contribution in [1.82, 2.24) is 10.2 Å². The average molecular weight is 558 g/mol. The van der Waals surface area contributed by atoms with Crippen molar-refractivity contribution in [2.75, 3.05) is 17.3 Å². The summed E-state index contributed by atoms with van der Waals surface area (Å²) >= 11 is 7.89. The fourth-order valence-corrected chi connectivity index (χ4v) is 4.68. The summed E-state index contributed by atoms with van der Waals surface area (Å²) in [7, 11) is 0. The number of ether oxygens (including phenoxy) is 1. The molecule has 0 aliphatic rings. The van der Waals surface area contributed by atoms with Crippen molar-refractivity contribution in [3.63, 3.8) is 0 Å². The van der Waals surface area contributed by atoms with Crippen molar-refractivity contribution < 1.29 is 19.1 Å². The third kappa shape index (κ3) is 8.71. The predicted molar refractivity (Wildman–Crippen MR) is 155 cm³/mol. The number of alkyl carbamates (subject to hydrolysis) is 1. The van der Waals surface area contributed by atoms with E-state index in [0.717, 1.165) is 21.6 Å². The smallest absolute Gasteiger partial charge is 0.408 e. The molecule has 0 aromatic heterocycles. The molecule has 2 N–H and O–H groups in total. The van der Waals surface area contributed by atoms with Crippen LogP contribution < -0.4 is 10.6 Å². The van der Waals surface area contributed by atoms with Crippen molar-refractivity contribution in [2.45, 2.75) is 65.6 Å². The topological polar surface area (TPSA) is 87.7 Å². The number of carbonyl (C=O) groups is 3. The van der Waals surface area contributed by atoms with Crippen LogP contribution in [0.25, 0.3) is 0 Å². The summed E-state index contributed by atoms with van der Waals surface area (Å²) in [6.07, 6.45) is 7.32. The maximum Gasteiger partial charge on any atom is 0.408 e. The highest BCUT2D eigenvalue weighted by atomic mass is 35.5. The first-order valence-corrected chi connectivity index (χ1v) is 14.0. The number of amides is 3. The molecule has 2 aromatic rings. The van der Waals surface area contributed by atoms with E-state index in [1.165, 1.54) is 11.8 Å². The molecule has 0 aliphatic carbocycles. The first kappa shape index (κ1) is 31.1. The molecule has 2 unspecified atom stereocenters. The van der Waals surface area contributed by atoms with Gasteiger partial charge in [-0.3, -0.25) is 14.5 Å². The van der Waals surface area contributed by atoms with Crippen LogP contribution in [0.4, 0.5) is 10.5 Å². The van der Waals surface area contributed by atoms with Gasteiger partial charge < -0.3 is 15.4 Å². The molecular weight excluding hydrogens is 522 g/mol. The number of benzene rings is 2. The molecule has 0 fully saturated rings. The largest absolute Gasteiger partial charge is 0.444 e. The molecule has 204 valence electrons. The Morgan fingerprint density at radius 1 is 1.13 bits per heavy atom. The minimum Gasteiger partial charge on any atom is -0.444 e. The minimum atomic E-state index is -1.18. The minimum absolute atomic E-state index is 0.294. The van der Waals surface area contributed by atoms with Gasteiger partial charge in [-0.1, -0.05) is 59.5 Å². The number of hydrogen-bond donors (Lipinski definition) is 2. The van der Waals surface area contributed by atoms with Crippen LogP contribution in [0.3, 0.4) is 0 Å². The molecule has 7 nitrogen and oxygen atoms in total. The second-order valence-corrected chi connectivity index (χ2v) is 11.5. The van der Waals surface area contributed by atoms with Gasteiger partial charge in [0.05, 0.1) is 10.7 Å². The summed E-state index contributed by atoms with van der Waals surface area (Å²) in [5.41, 5.74) is 2.79. The molecule has 0 aliphatic heterocycles. The van der Waals surface area contributed by atoms with Gasteiger partial charge in [0.25, 0.3) is 11.8 Å². The summed E-state index contributed by atoms with van der Waals surface area (Å²) < 4.78 is 5.37. The van der Waals surface area contributed by atoms with Crippen molar-refractivity contribution in [3.8, 4) is 12.5 Å². The van der Waals surface area contributed by atoms with E-state index >= 15 is 0 Å². The van der Waals surface area contributed by atoms with Crippen LogP contribution in [-0.4, -0.2) is 46.5 Å². The lowest BCUT2D eigenvalue weighted by molar-refractivity contribution is -0.136. The van der Waals surface area contributed by atoms with Gasteiger partial charge in [-0.15, -0.1) is 0 Å². The fourth-order valence-electron chi connectivity index (χ4n) is 3.94. The first-order valence-electron chi connectivity index (χ1n) is 12.2. The monoisotopic (exact) mass is 557 g/mol. The molecule has 0 saturated heterocycles. The van der Waals surface area contributed by atoms with E-state index in [0.29, 0.717) is 28.4 Å². The molecule has 0 bridgehead atoms. The molecule has 2 atom stereocenters. The molecular formula is C29H36ClN3O4S. The molecule has 38 heavy (non-hydrogen) atoms. The van der Waals surface area contributed by atoms with E-state index in [4.69, 9.17) is 22.8 Å². The van der Waals surface area contributed by atoms with Crippen molar-refractivity contribution in [3.05, 3.63) is 63.7 Å². The number of aryl methyl sites for hydroxylation is 3. The van der Waals surface area contributed by atoms with Crippen LogP contribution in [0.2, 0.25) is 5.02 Å². The van der Waals surface area contributed by atoms with Crippen molar-refractivity contribution in [1.29, 1.82) is 0 Å². The van der Waals surface area contributed by atoms with Gasteiger partial charge in [0.2, 0.25) is 0 Å². The van der Waals surface area contributed by atoms with Gasteiger partial charge in [0.15, 0.2) is 0 Å². The Balaban J connectivity index is 2.54. The number of thioether (sulfide) groups is 1. The van der Waals surface area contributed by atoms with Gasteiger partial charge in [-0.2, -0.15) is 11.8 Å². The SMILES string of the molecule is C#CN(C(=O)C(CCSC)NC(=O)OC(C)(C)C)C(C(=O)Nc1c(C)cccc1Cl)c1cc(C)cc(C)c1. The van der Waals surface area contributed by atoms with Crippen LogP contribution >= 0.6 is 23.4 Å². The number of halogens is 1. The quantitative estimate of drug-likeness (QED) is 0.291. The van der Waals surface area contributed by atoms with E-state index in [9.17, 15) is 14.4 Å². The summed E-state index contributed by atoms with van der Waals surface area (Å²) in [6.45, 7) is 10.8. The number of terminal acetylenes is 1. The second-order valence-electron chi connectivity index (χ2n) is 10.1.